The molecule has 0 aromatic heterocycles. The molecule has 0 amide bonds. The molecule has 3 nitrogen and oxygen atoms in total. The molecule has 1 aliphatic heterocycles. The molecule has 1 aliphatic rings. The summed E-state index contributed by atoms with van der Waals surface area (Å²) in [7, 11) is 0. The Bertz CT molecular complexity index is 181. The Labute approximate surface area is 66.1 Å². The minimum Gasteiger partial charge on any atom is -0.478 e. The maximum atomic E-state index is 10.4. The number of carboxylic acid groups (broad SMARTS) is 1. The van der Waals surface area contributed by atoms with Crippen molar-refractivity contribution in [3.05, 3.63) is 11.6 Å². The van der Waals surface area contributed by atoms with Crippen molar-refractivity contribution in [3.8, 4) is 0 Å². The van der Waals surface area contributed by atoms with Gasteiger partial charge >= 0.3 is 5.97 Å². The Morgan fingerprint density at radius 1 is 1.73 bits per heavy atom. The third kappa shape index (κ3) is 2.35. The fraction of sp³-hybridized carbons (Fsp3) is 0.625. The average Bonchev–Trinajstić information content (AvgIpc) is 2.39. The number of aliphatic carboxylic acids is 1. The van der Waals surface area contributed by atoms with Gasteiger partial charge in [-0.05, 0) is 26.3 Å². The number of rotatable bonds is 2. The van der Waals surface area contributed by atoms with Crippen LogP contribution in [0.15, 0.2) is 11.6 Å². The zero-order valence-corrected chi connectivity index (χ0v) is 6.63. The third-order valence-electron chi connectivity index (χ3n) is 1.89. The van der Waals surface area contributed by atoms with Gasteiger partial charge in [-0.1, -0.05) is 6.08 Å². The van der Waals surface area contributed by atoms with E-state index in [1.165, 1.54) is 0 Å². The fourth-order valence-electron chi connectivity index (χ4n) is 1.23. The molecule has 3 heteroatoms. The number of carbonyl (C=O) groups is 1. The van der Waals surface area contributed by atoms with E-state index in [0.717, 1.165) is 19.4 Å². The van der Waals surface area contributed by atoms with Crippen LogP contribution in [-0.4, -0.2) is 23.7 Å². The molecular formula is C8H13NO2. The molecule has 0 aromatic carbocycles. The minimum atomic E-state index is -0.821. The first-order chi connectivity index (χ1) is 5.20. The van der Waals surface area contributed by atoms with Gasteiger partial charge in [0.15, 0.2) is 0 Å². The summed E-state index contributed by atoms with van der Waals surface area (Å²) in [6.45, 7) is 2.64. The molecule has 0 aliphatic carbocycles. The lowest BCUT2D eigenvalue weighted by Gasteiger charge is -2.03. The highest BCUT2D eigenvalue weighted by atomic mass is 16.4. The molecule has 1 rings (SSSR count). The summed E-state index contributed by atoms with van der Waals surface area (Å²) in [6, 6.07) is 0.283. The van der Waals surface area contributed by atoms with Crippen molar-refractivity contribution in [3.63, 3.8) is 0 Å². The normalized spacial score (nSPS) is 25.5. The molecule has 11 heavy (non-hydrogen) atoms. The number of hydrogen-bond acceptors (Lipinski definition) is 2. The number of nitrogens with one attached hydrogen (secondary N) is 1. The van der Waals surface area contributed by atoms with E-state index in [2.05, 4.69) is 5.32 Å². The highest BCUT2D eigenvalue weighted by Gasteiger charge is 2.12. The molecule has 0 spiro atoms. The first-order valence-electron chi connectivity index (χ1n) is 3.85. The molecule has 2 N–H and O–H groups in total. The van der Waals surface area contributed by atoms with Crippen LogP contribution in [-0.2, 0) is 4.79 Å². The molecule has 0 saturated carbocycles. The van der Waals surface area contributed by atoms with Crippen LogP contribution in [0.2, 0.25) is 0 Å². The van der Waals surface area contributed by atoms with Crippen molar-refractivity contribution in [2.24, 2.45) is 0 Å². The number of hydrogen-bond donors (Lipinski definition) is 2. The summed E-state index contributed by atoms with van der Waals surface area (Å²) >= 11 is 0. The van der Waals surface area contributed by atoms with Gasteiger partial charge in [0.25, 0.3) is 0 Å². The largest absolute Gasteiger partial charge is 0.478 e. The molecule has 0 aromatic rings. The summed E-state index contributed by atoms with van der Waals surface area (Å²) < 4.78 is 0. The van der Waals surface area contributed by atoms with Gasteiger partial charge in [-0.2, -0.15) is 0 Å². The van der Waals surface area contributed by atoms with E-state index in [1.54, 1.807) is 13.0 Å². The van der Waals surface area contributed by atoms with E-state index in [1.807, 2.05) is 0 Å². The van der Waals surface area contributed by atoms with Gasteiger partial charge in [0.2, 0.25) is 0 Å². The molecule has 62 valence electrons. The van der Waals surface area contributed by atoms with Crippen LogP contribution in [0.25, 0.3) is 0 Å². The van der Waals surface area contributed by atoms with Crippen LogP contribution < -0.4 is 5.32 Å². The van der Waals surface area contributed by atoms with Crippen molar-refractivity contribution in [1.29, 1.82) is 0 Å². The van der Waals surface area contributed by atoms with Crippen molar-refractivity contribution >= 4 is 5.97 Å². The maximum absolute atomic E-state index is 10.4. The zero-order chi connectivity index (χ0) is 8.27. The second kappa shape index (κ2) is 3.53. The summed E-state index contributed by atoms with van der Waals surface area (Å²) in [4.78, 5) is 10.4. The summed E-state index contributed by atoms with van der Waals surface area (Å²) in [5, 5.41) is 11.7. The molecule has 0 bridgehead atoms. The van der Waals surface area contributed by atoms with Gasteiger partial charge in [0.05, 0.1) is 0 Å². The van der Waals surface area contributed by atoms with Crippen LogP contribution in [0, 0.1) is 0 Å². The molecule has 1 atom stereocenters. The van der Waals surface area contributed by atoms with Crippen molar-refractivity contribution in [2.45, 2.75) is 25.8 Å². The van der Waals surface area contributed by atoms with Crippen LogP contribution >= 0.6 is 0 Å². The Morgan fingerprint density at radius 2 is 2.45 bits per heavy atom. The molecule has 1 fully saturated rings. The summed E-state index contributed by atoms with van der Waals surface area (Å²) in [5.41, 5.74) is 0.435. The second-order valence-corrected chi connectivity index (χ2v) is 2.86. The Balaban J connectivity index is 2.49. The van der Waals surface area contributed by atoms with E-state index < -0.39 is 5.97 Å². The molecule has 0 radical (unpaired) electrons. The van der Waals surface area contributed by atoms with Gasteiger partial charge in [-0.3, -0.25) is 0 Å². The lowest BCUT2D eigenvalue weighted by molar-refractivity contribution is -0.132. The lowest BCUT2D eigenvalue weighted by Crippen LogP contribution is -2.19. The summed E-state index contributed by atoms with van der Waals surface area (Å²) in [6.07, 6.45) is 3.99. The predicted octanol–water partition coefficient (Wildman–Crippen LogP) is 0.769. The molecule has 1 heterocycles. The predicted molar refractivity (Wildman–Crippen MR) is 42.4 cm³/mol. The topological polar surface area (TPSA) is 49.3 Å². The van der Waals surface area contributed by atoms with Crippen molar-refractivity contribution in [1.82, 2.24) is 5.32 Å². The van der Waals surface area contributed by atoms with E-state index in [0.29, 0.717) is 5.57 Å². The first kappa shape index (κ1) is 8.27. The van der Waals surface area contributed by atoms with Gasteiger partial charge < -0.3 is 10.4 Å². The van der Waals surface area contributed by atoms with Crippen molar-refractivity contribution in [2.75, 3.05) is 6.54 Å². The average molecular weight is 155 g/mol. The Morgan fingerprint density at radius 3 is 2.91 bits per heavy atom. The van der Waals surface area contributed by atoms with Gasteiger partial charge in [0.1, 0.15) is 0 Å². The zero-order valence-electron chi connectivity index (χ0n) is 6.63. The van der Waals surface area contributed by atoms with Gasteiger partial charge in [-0.15, -0.1) is 0 Å². The molecule has 1 unspecified atom stereocenters. The van der Waals surface area contributed by atoms with E-state index >= 15 is 0 Å². The Hall–Kier alpha value is -0.830. The van der Waals surface area contributed by atoms with Crippen LogP contribution in [0.3, 0.4) is 0 Å². The van der Waals surface area contributed by atoms with E-state index in [-0.39, 0.29) is 6.04 Å². The lowest BCUT2D eigenvalue weighted by atomic mass is 10.1. The smallest absolute Gasteiger partial charge is 0.331 e. The van der Waals surface area contributed by atoms with Crippen LogP contribution in [0.4, 0.5) is 0 Å². The maximum Gasteiger partial charge on any atom is 0.331 e. The van der Waals surface area contributed by atoms with E-state index in [9.17, 15) is 4.79 Å². The highest BCUT2D eigenvalue weighted by Crippen LogP contribution is 2.08. The fourth-order valence-corrected chi connectivity index (χ4v) is 1.23. The first-order valence-corrected chi connectivity index (χ1v) is 3.85. The second-order valence-electron chi connectivity index (χ2n) is 2.86. The Kier molecular flexibility index (Phi) is 2.65. The van der Waals surface area contributed by atoms with Crippen molar-refractivity contribution < 1.29 is 9.90 Å². The number of carboxylic acids is 1. The third-order valence-corrected chi connectivity index (χ3v) is 1.89. The molecule has 1 saturated heterocycles. The van der Waals surface area contributed by atoms with Gasteiger partial charge in [-0.25, -0.2) is 4.79 Å². The van der Waals surface area contributed by atoms with Crippen LogP contribution in [0.5, 0.6) is 0 Å². The SMILES string of the molecule is C/C(=C\C1CCCN1)C(=O)O. The van der Waals surface area contributed by atoms with Crippen LogP contribution in [0.1, 0.15) is 19.8 Å². The highest BCUT2D eigenvalue weighted by molar-refractivity contribution is 5.85. The quantitative estimate of drug-likeness (QED) is 0.579. The standard InChI is InChI=1S/C8H13NO2/c1-6(8(10)11)5-7-3-2-4-9-7/h5,7,9H,2-4H2,1H3,(H,10,11)/b6-5+. The van der Waals surface area contributed by atoms with Gasteiger partial charge in [0, 0.05) is 11.6 Å². The minimum absolute atomic E-state index is 0.283. The van der Waals surface area contributed by atoms with E-state index in [4.69, 9.17) is 5.11 Å². The summed E-state index contributed by atoms with van der Waals surface area (Å²) in [5.74, 6) is -0.821. The molecular weight excluding hydrogens is 142 g/mol. The monoisotopic (exact) mass is 155 g/mol.